The molecule has 0 spiro atoms. The van der Waals surface area contributed by atoms with Gasteiger partial charge in [-0.1, -0.05) is 26.0 Å². The molecule has 0 aliphatic heterocycles. The number of esters is 1. The topological polar surface area (TPSA) is 72.9 Å². The van der Waals surface area contributed by atoms with Crippen molar-refractivity contribution in [2.75, 3.05) is 13.2 Å². The molecule has 6 nitrogen and oxygen atoms in total. The molecular formula is C28H38F3NO5. The van der Waals surface area contributed by atoms with Crippen LogP contribution in [-0.2, 0) is 25.2 Å². The summed E-state index contributed by atoms with van der Waals surface area (Å²) in [5.41, 5.74) is -3.66. The van der Waals surface area contributed by atoms with Gasteiger partial charge in [0.25, 0.3) is 0 Å². The Morgan fingerprint density at radius 1 is 1.05 bits per heavy atom. The lowest BCUT2D eigenvalue weighted by Crippen LogP contribution is -2.68. The number of nitrogens with zero attached hydrogens (tertiary/aromatic N) is 1. The Labute approximate surface area is 216 Å². The fourth-order valence-corrected chi connectivity index (χ4v) is 5.69. The second-order valence-electron chi connectivity index (χ2n) is 11.6. The van der Waals surface area contributed by atoms with Crippen molar-refractivity contribution in [1.29, 1.82) is 0 Å². The standard InChI is InChI=1S/C28H38F3NO5/c1-7-36-23(34)26-13-15-27(16-14-26,32(17-12-18(2)3)24(35)37-25(4,5)6)21(22(26)33)19-8-10-20(11-9-19)28(29,30)31/h8-11,18,21H,7,12-17H2,1-6H3. The molecule has 0 aromatic heterocycles. The quantitative estimate of drug-likeness (QED) is 0.299. The summed E-state index contributed by atoms with van der Waals surface area (Å²) >= 11 is 0. The molecule has 4 rings (SSSR count). The number of fused-ring (bicyclic) bond motifs is 3. The normalized spacial score (nSPS) is 25.8. The maximum absolute atomic E-state index is 14.2. The molecule has 3 aliphatic carbocycles. The molecule has 9 heteroatoms. The molecule has 0 heterocycles. The summed E-state index contributed by atoms with van der Waals surface area (Å²) in [7, 11) is 0. The van der Waals surface area contributed by atoms with E-state index >= 15 is 0 Å². The van der Waals surface area contributed by atoms with Gasteiger partial charge in [-0.3, -0.25) is 9.59 Å². The van der Waals surface area contributed by atoms with Gasteiger partial charge in [-0.15, -0.1) is 0 Å². The zero-order chi connectivity index (χ0) is 27.8. The monoisotopic (exact) mass is 525 g/mol. The van der Waals surface area contributed by atoms with Gasteiger partial charge < -0.3 is 14.4 Å². The summed E-state index contributed by atoms with van der Waals surface area (Å²) in [6.07, 6.45) is -3.36. The Hall–Kier alpha value is -2.58. The first-order valence-corrected chi connectivity index (χ1v) is 13.0. The van der Waals surface area contributed by atoms with E-state index in [4.69, 9.17) is 9.47 Å². The van der Waals surface area contributed by atoms with Gasteiger partial charge in [0.05, 0.1) is 23.6 Å². The highest BCUT2D eigenvalue weighted by Gasteiger charge is 2.67. The fraction of sp³-hybridized carbons (Fsp3) is 0.679. The highest BCUT2D eigenvalue weighted by molar-refractivity contribution is 6.09. The Bertz CT molecular complexity index is 1000. The van der Waals surface area contributed by atoms with Crippen LogP contribution in [0.5, 0.6) is 0 Å². The average Bonchev–Trinajstić information content (AvgIpc) is 2.78. The number of carbonyl (C=O) groups excluding carboxylic acids is 3. The number of Topliss-reactive ketones (excluding diaryl/α,β-unsaturated/α-hetero) is 1. The molecule has 3 fully saturated rings. The van der Waals surface area contributed by atoms with E-state index in [2.05, 4.69) is 0 Å². The Morgan fingerprint density at radius 3 is 2.08 bits per heavy atom. The summed E-state index contributed by atoms with van der Waals surface area (Å²) < 4.78 is 50.9. The number of rotatable bonds is 7. The summed E-state index contributed by atoms with van der Waals surface area (Å²) in [6.45, 7) is 11.4. The number of halogens is 3. The van der Waals surface area contributed by atoms with Crippen molar-refractivity contribution in [3.8, 4) is 0 Å². The SMILES string of the molecule is CCOC(=O)C12CCC(N(CCC(C)C)C(=O)OC(C)(C)C)(CC1)C(c1ccc(C(F)(F)F)cc1)C2=O. The van der Waals surface area contributed by atoms with Crippen LogP contribution in [0.1, 0.15) is 90.7 Å². The Kier molecular flexibility index (Phi) is 8.06. The van der Waals surface area contributed by atoms with Crippen molar-refractivity contribution >= 4 is 17.8 Å². The van der Waals surface area contributed by atoms with Gasteiger partial charge >= 0.3 is 18.2 Å². The minimum atomic E-state index is -4.53. The first-order chi connectivity index (χ1) is 17.1. The van der Waals surface area contributed by atoms with Gasteiger partial charge in [-0.05, 0) is 83.4 Å². The smallest absolute Gasteiger partial charge is 0.416 e. The number of alkyl halides is 3. The maximum Gasteiger partial charge on any atom is 0.416 e. The molecule has 0 radical (unpaired) electrons. The second kappa shape index (κ2) is 10.3. The van der Waals surface area contributed by atoms with E-state index in [0.29, 0.717) is 31.4 Å². The van der Waals surface area contributed by atoms with Gasteiger partial charge in [0.1, 0.15) is 11.0 Å². The molecule has 1 atom stereocenters. The van der Waals surface area contributed by atoms with Crippen LogP contribution < -0.4 is 0 Å². The first kappa shape index (κ1) is 29.0. The van der Waals surface area contributed by atoms with Crippen molar-refractivity contribution in [2.24, 2.45) is 11.3 Å². The summed E-state index contributed by atoms with van der Waals surface area (Å²) in [5.74, 6) is -1.73. The van der Waals surface area contributed by atoms with E-state index in [0.717, 1.165) is 12.1 Å². The Morgan fingerprint density at radius 2 is 1.62 bits per heavy atom. The third-order valence-corrected chi connectivity index (χ3v) is 7.56. The predicted molar refractivity (Wildman–Crippen MR) is 132 cm³/mol. The van der Waals surface area contributed by atoms with E-state index < -0.39 is 52.1 Å². The van der Waals surface area contributed by atoms with Crippen LogP contribution >= 0.6 is 0 Å². The molecule has 1 amide bonds. The van der Waals surface area contributed by atoms with E-state index in [-0.39, 0.29) is 25.4 Å². The Balaban J connectivity index is 2.15. The number of ether oxygens (including phenoxy) is 2. The fourth-order valence-electron chi connectivity index (χ4n) is 5.69. The van der Waals surface area contributed by atoms with Crippen LogP contribution in [0.3, 0.4) is 0 Å². The lowest BCUT2D eigenvalue weighted by Gasteiger charge is -2.59. The number of hydrogen-bond acceptors (Lipinski definition) is 5. The van der Waals surface area contributed by atoms with E-state index in [1.54, 1.807) is 32.6 Å². The molecule has 3 saturated carbocycles. The molecule has 1 aromatic carbocycles. The number of amides is 1. The molecule has 1 unspecified atom stereocenters. The van der Waals surface area contributed by atoms with Crippen LogP contribution in [0.25, 0.3) is 0 Å². The first-order valence-electron chi connectivity index (χ1n) is 13.0. The molecule has 0 saturated heterocycles. The number of benzene rings is 1. The summed E-state index contributed by atoms with van der Waals surface area (Å²) in [4.78, 5) is 42.4. The van der Waals surface area contributed by atoms with E-state index in [1.165, 1.54) is 12.1 Å². The van der Waals surface area contributed by atoms with Crippen LogP contribution in [0.4, 0.5) is 18.0 Å². The van der Waals surface area contributed by atoms with Crippen molar-refractivity contribution in [3.05, 3.63) is 35.4 Å². The minimum absolute atomic E-state index is 0.113. The van der Waals surface area contributed by atoms with Crippen molar-refractivity contribution < 1.29 is 37.0 Å². The van der Waals surface area contributed by atoms with Crippen LogP contribution in [0.15, 0.2) is 24.3 Å². The summed E-state index contributed by atoms with van der Waals surface area (Å²) in [5, 5.41) is 0. The zero-order valence-corrected chi connectivity index (χ0v) is 22.5. The van der Waals surface area contributed by atoms with Gasteiger partial charge in [0.2, 0.25) is 0 Å². The van der Waals surface area contributed by atoms with Gasteiger partial charge in [0.15, 0.2) is 5.78 Å². The lowest BCUT2D eigenvalue weighted by molar-refractivity contribution is -0.174. The summed E-state index contributed by atoms with van der Waals surface area (Å²) in [6, 6.07) is 4.48. The molecule has 0 N–H and O–H groups in total. The molecule has 3 aliphatic rings. The highest BCUT2D eigenvalue weighted by atomic mass is 19.4. The van der Waals surface area contributed by atoms with E-state index in [9.17, 15) is 27.6 Å². The largest absolute Gasteiger partial charge is 0.465 e. The van der Waals surface area contributed by atoms with Gasteiger partial charge in [0, 0.05) is 6.54 Å². The number of hydrogen-bond donors (Lipinski definition) is 0. The van der Waals surface area contributed by atoms with Crippen LogP contribution in [0.2, 0.25) is 0 Å². The minimum Gasteiger partial charge on any atom is -0.465 e. The third-order valence-electron chi connectivity index (χ3n) is 7.56. The van der Waals surface area contributed by atoms with Crippen LogP contribution in [0, 0.1) is 11.3 Å². The van der Waals surface area contributed by atoms with E-state index in [1.807, 2.05) is 13.8 Å². The maximum atomic E-state index is 14.2. The van der Waals surface area contributed by atoms with Gasteiger partial charge in [-0.2, -0.15) is 13.2 Å². The molecule has 1 aromatic rings. The van der Waals surface area contributed by atoms with Crippen molar-refractivity contribution in [2.45, 2.75) is 96.9 Å². The molecule has 206 valence electrons. The van der Waals surface area contributed by atoms with Gasteiger partial charge in [-0.25, -0.2) is 4.79 Å². The zero-order valence-electron chi connectivity index (χ0n) is 22.5. The lowest BCUT2D eigenvalue weighted by atomic mass is 9.50. The number of ketones is 1. The molecule has 37 heavy (non-hydrogen) atoms. The second-order valence-corrected chi connectivity index (χ2v) is 11.6. The third kappa shape index (κ3) is 5.65. The average molecular weight is 526 g/mol. The highest BCUT2D eigenvalue weighted by Crippen LogP contribution is 2.59. The van der Waals surface area contributed by atoms with Crippen LogP contribution in [-0.4, -0.2) is 47.0 Å². The molecular weight excluding hydrogens is 487 g/mol. The predicted octanol–water partition coefficient (Wildman–Crippen LogP) is 6.52. The van der Waals surface area contributed by atoms with Crippen molar-refractivity contribution in [3.63, 3.8) is 0 Å². The van der Waals surface area contributed by atoms with Crippen molar-refractivity contribution in [1.82, 2.24) is 4.90 Å². The number of carbonyl (C=O) groups is 3. The molecule has 2 bridgehead atoms.